The Bertz CT molecular complexity index is 707. The fourth-order valence-electron chi connectivity index (χ4n) is 1.92. The van der Waals surface area contributed by atoms with Crippen molar-refractivity contribution in [2.75, 3.05) is 7.05 Å². The zero-order valence-corrected chi connectivity index (χ0v) is 15.8. The lowest BCUT2D eigenvalue weighted by molar-refractivity contribution is 0.581. The molecule has 2 aromatic heterocycles. The van der Waals surface area contributed by atoms with Crippen LogP contribution in [-0.4, -0.2) is 15.5 Å². The Morgan fingerprint density at radius 1 is 1.33 bits per heavy atom. The molecule has 116 valence electrons. The summed E-state index contributed by atoms with van der Waals surface area (Å²) >= 11 is 6.36. The van der Waals surface area contributed by atoms with Crippen molar-refractivity contribution in [3.05, 3.63) is 36.6 Å². The summed E-state index contributed by atoms with van der Waals surface area (Å²) in [5.74, 6) is 0. The monoisotopic (exact) mass is 408 g/mol. The smallest absolute Gasteiger partial charge is 0.242 e. The summed E-state index contributed by atoms with van der Waals surface area (Å²) in [5.41, 5.74) is 1.20. The van der Waals surface area contributed by atoms with Crippen molar-refractivity contribution in [1.29, 1.82) is 0 Å². The van der Waals surface area contributed by atoms with Crippen molar-refractivity contribution in [3.8, 4) is 0 Å². The molecule has 0 fully saturated rings. The molecule has 2 N–H and O–H groups in total. The number of thiophene rings is 2. The summed E-state index contributed by atoms with van der Waals surface area (Å²) in [6, 6.07) is 3.75. The number of aryl methyl sites for hydroxylation is 1. The van der Waals surface area contributed by atoms with Crippen LogP contribution in [0, 0.1) is 0 Å². The van der Waals surface area contributed by atoms with Gasteiger partial charge in [-0.05, 0) is 52.5 Å². The topological polar surface area (TPSA) is 58.2 Å². The van der Waals surface area contributed by atoms with E-state index in [1.807, 2.05) is 18.5 Å². The van der Waals surface area contributed by atoms with Gasteiger partial charge in [0, 0.05) is 22.8 Å². The van der Waals surface area contributed by atoms with Gasteiger partial charge < -0.3 is 5.32 Å². The zero-order chi connectivity index (χ0) is 15.5. The lowest BCUT2D eigenvalue weighted by Gasteiger charge is -2.06. The van der Waals surface area contributed by atoms with Crippen LogP contribution in [0.15, 0.2) is 26.2 Å². The Morgan fingerprint density at radius 2 is 2.10 bits per heavy atom. The van der Waals surface area contributed by atoms with E-state index in [-0.39, 0.29) is 0 Å². The van der Waals surface area contributed by atoms with Crippen molar-refractivity contribution in [3.63, 3.8) is 0 Å². The predicted octanol–water partition coefficient (Wildman–Crippen LogP) is 3.33. The molecule has 0 spiro atoms. The minimum Gasteiger partial charge on any atom is -0.315 e. The zero-order valence-electron chi connectivity index (χ0n) is 11.8. The van der Waals surface area contributed by atoms with Gasteiger partial charge in [-0.3, -0.25) is 0 Å². The highest BCUT2D eigenvalue weighted by Gasteiger charge is 2.21. The molecule has 0 radical (unpaired) electrons. The number of hydrogen-bond donors (Lipinski definition) is 2. The van der Waals surface area contributed by atoms with E-state index in [9.17, 15) is 8.42 Å². The summed E-state index contributed by atoms with van der Waals surface area (Å²) in [6.07, 6.45) is 0.912. The van der Waals surface area contributed by atoms with Gasteiger partial charge in [0.05, 0.1) is 3.79 Å². The van der Waals surface area contributed by atoms with E-state index in [2.05, 4.69) is 32.9 Å². The second-order valence-electron chi connectivity index (χ2n) is 4.43. The third kappa shape index (κ3) is 4.14. The van der Waals surface area contributed by atoms with E-state index in [0.717, 1.165) is 16.2 Å². The maximum atomic E-state index is 12.4. The van der Waals surface area contributed by atoms with Crippen LogP contribution in [0.5, 0.6) is 0 Å². The number of hydrogen-bond acceptors (Lipinski definition) is 5. The van der Waals surface area contributed by atoms with Crippen molar-refractivity contribution >= 4 is 48.6 Å². The van der Waals surface area contributed by atoms with Gasteiger partial charge in [-0.15, -0.1) is 22.7 Å². The van der Waals surface area contributed by atoms with Gasteiger partial charge in [-0.2, -0.15) is 0 Å². The van der Waals surface area contributed by atoms with Crippen LogP contribution < -0.4 is 10.0 Å². The van der Waals surface area contributed by atoms with Crippen LogP contribution in [0.1, 0.15) is 22.2 Å². The minimum atomic E-state index is -3.50. The molecule has 2 rings (SSSR count). The molecule has 0 aliphatic heterocycles. The van der Waals surface area contributed by atoms with Gasteiger partial charge in [0.2, 0.25) is 10.0 Å². The molecule has 0 saturated heterocycles. The van der Waals surface area contributed by atoms with E-state index < -0.39 is 10.0 Å². The molecule has 2 heterocycles. The first-order chi connectivity index (χ1) is 9.97. The highest BCUT2D eigenvalue weighted by atomic mass is 79.9. The standard InChI is InChI=1S/C13H17BrN2O2S3/c1-3-9-4-5-19-11(9)8-16-21(17,18)12-6-10(7-15-2)20-13(12)14/h4-6,15-16H,3,7-8H2,1-2H3. The van der Waals surface area contributed by atoms with Gasteiger partial charge in [0.1, 0.15) is 4.90 Å². The van der Waals surface area contributed by atoms with Crippen molar-refractivity contribution < 1.29 is 8.42 Å². The minimum absolute atomic E-state index is 0.312. The number of rotatable bonds is 7. The molecule has 0 aromatic carbocycles. The normalized spacial score (nSPS) is 12.0. The first-order valence-corrected chi connectivity index (χ1v) is 10.4. The van der Waals surface area contributed by atoms with E-state index in [1.165, 1.54) is 16.9 Å². The highest BCUT2D eigenvalue weighted by molar-refractivity contribution is 9.11. The molecule has 21 heavy (non-hydrogen) atoms. The number of halogens is 1. The molecular weight excluding hydrogens is 392 g/mol. The van der Waals surface area contributed by atoms with Crippen LogP contribution in [0.25, 0.3) is 0 Å². The molecular formula is C13H17BrN2O2S3. The van der Waals surface area contributed by atoms with Gasteiger partial charge in [-0.25, -0.2) is 13.1 Å². The summed E-state index contributed by atoms with van der Waals surface area (Å²) in [4.78, 5) is 2.37. The first-order valence-electron chi connectivity index (χ1n) is 6.45. The van der Waals surface area contributed by atoms with Gasteiger partial charge in [0.15, 0.2) is 0 Å². The molecule has 0 aliphatic carbocycles. The Labute approximate surface area is 141 Å². The third-order valence-corrected chi connectivity index (χ3v) is 7.60. The summed E-state index contributed by atoms with van der Waals surface area (Å²) in [7, 11) is -1.66. The average molecular weight is 409 g/mol. The molecule has 0 atom stereocenters. The van der Waals surface area contributed by atoms with Crippen molar-refractivity contribution in [2.24, 2.45) is 0 Å². The van der Waals surface area contributed by atoms with Crippen LogP contribution in [0.3, 0.4) is 0 Å². The second-order valence-corrected chi connectivity index (χ2v) is 9.62. The van der Waals surface area contributed by atoms with Gasteiger partial charge in [-0.1, -0.05) is 6.92 Å². The fraction of sp³-hybridized carbons (Fsp3) is 0.385. The van der Waals surface area contributed by atoms with Crippen LogP contribution >= 0.6 is 38.6 Å². The van der Waals surface area contributed by atoms with Crippen LogP contribution in [0.4, 0.5) is 0 Å². The Balaban J connectivity index is 2.15. The SMILES string of the molecule is CCc1ccsc1CNS(=O)(=O)c1cc(CNC)sc1Br. The Hall–Kier alpha value is -0.250. The molecule has 0 bridgehead atoms. The molecule has 2 aromatic rings. The predicted molar refractivity (Wildman–Crippen MR) is 92.5 cm³/mol. The fourth-order valence-corrected chi connectivity index (χ4v) is 6.61. The molecule has 0 unspecified atom stereocenters. The quantitative estimate of drug-likeness (QED) is 0.738. The first kappa shape index (κ1) is 17.1. The number of sulfonamides is 1. The van der Waals surface area contributed by atoms with E-state index >= 15 is 0 Å². The van der Waals surface area contributed by atoms with Gasteiger partial charge >= 0.3 is 0 Å². The summed E-state index contributed by atoms with van der Waals surface area (Å²) in [6.45, 7) is 3.07. The maximum Gasteiger partial charge on any atom is 0.242 e. The van der Waals surface area contributed by atoms with Crippen LogP contribution in [0.2, 0.25) is 0 Å². The summed E-state index contributed by atoms with van der Waals surface area (Å²) in [5, 5.41) is 5.02. The largest absolute Gasteiger partial charge is 0.315 e. The van der Waals surface area contributed by atoms with Crippen molar-refractivity contribution in [1.82, 2.24) is 10.0 Å². The molecule has 0 saturated carbocycles. The highest BCUT2D eigenvalue weighted by Crippen LogP contribution is 2.31. The second kappa shape index (κ2) is 7.34. The average Bonchev–Trinajstić information content (AvgIpc) is 3.03. The Kier molecular flexibility index (Phi) is 5.98. The van der Waals surface area contributed by atoms with Crippen LogP contribution in [-0.2, 0) is 29.5 Å². The van der Waals surface area contributed by atoms with Gasteiger partial charge in [0.25, 0.3) is 0 Å². The molecule has 8 heteroatoms. The lowest BCUT2D eigenvalue weighted by atomic mass is 10.2. The molecule has 0 amide bonds. The maximum absolute atomic E-state index is 12.4. The molecule has 4 nitrogen and oxygen atoms in total. The molecule has 0 aliphatic rings. The Morgan fingerprint density at radius 3 is 2.76 bits per heavy atom. The number of nitrogens with one attached hydrogen (secondary N) is 2. The van der Waals surface area contributed by atoms with Crippen molar-refractivity contribution in [2.45, 2.75) is 31.3 Å². The van der Waals surface area contributed by atoms with E-state index in [1.54, 1.807) is 17.4 Å². The third-order valence-electron chi connectivity index (χ3n) is 2.99. The summed E-state index contributed by atoms with van der Waals surface area (Å²) < 4.78 is 28.2. The van der Waals surface area contributed by atoms with E-state index in [4.69, 9.17) is 0 Å². The van der Waals surface area contributed by atoms with E-state index in [0.29, 0.717) is 21.8 Å². The lowest BCUT2D eigenvalue weighted by Crippen LogP contribution is -2.23.